The molecule has 1 aliphatic heterocycles. The second-order valence-corrected chi connectivity index (χ2v) is 8.51. The largest absolute Gasteiger partial charge is 0.469 e. The van der Waals surface area contributed by atoms with E-state index in [-0.39, 0.29) is 30.9 Å². The van der Waals surface area contributed by atoms with Crippen LogP contribution in [-0.4, -0.2) is 53.8 Å². The Morgan fingerprint density at radius 1 is 1.16 bits per heavy atom. The molecule has 1 heterocycles. The molecular formula is C23H25Cl3N2O4. The van der Waals surface area contributed by atoms with Crippen molar-refractivity contribution in [3.05, 3.63) is 69.8 Å². The smallest absolute Gasteiger partial charge is 0.320 e. The maximum absolute atomic E-state index is 13.2. The van der Waals surface area contributed by atoms with Crippen molar-refractivity contribution >= 4 is 52.0 Å². The molecule has 6 nitrogen and oxygen atoms in total. The van der Waals surface area contributed by atoms with E-state index in [0.29, 0.717) is 35.8 Å². The van der Waals surface area contributed by atoms with Crippen molar-refractivity contribution in [2.75, 3.05) is 26.7 Å². The van der Waals surface area contributed by atoms with Gasteiger partial charge >= 0.3 is 12.0 Å². The predicted octanol–water partition coefficient (Wildman–Crippen LogP) is 5.30. The van der Waals surface area contributed by atoms with E-state index < -0.39 is 5.24 Å². The van der Waals surface area contributed by atoms with Crippen LogP contribution in [0.25, 0.3) is 0 Å². The molecule has 1 aromatic rings. The second-order valence-electron chi connectivity index (χ2n) is 7.48. The van der Waals surface area contributed by atoms with Crippen LogP contribution in [-0.2, 0) is 16.1 Å². The molecular weight excluding hydrogens is 475 g/mol. The molecule has 1 unspecified atom stereocenters. The topological polar surface area (TPSA) is 66.9 Å². The van der Waals surface area contributed by atoms with Gasteiger partial charge in [0, 0.05) is 48.2 Å². The van der Waals surface area contributed by atoms with E-state index >= 15 is 0 Å². The molecule has 0 aromatic heterocycles. The fraction of sp³-hybridized carbons (Fsp3) is 0.348. The number of ether oxygens (including phenoxy) is 1. The maximum atomic E-state index is 13.2. The average Bonchev–Trinajstić information content (AvgIpc) is 2.75. The standard InChI is InChI=1S/C23H25Cl3N2O4/c1-16(7-8-19(25)9-10-24)12-27-13-17(11-21(29)32-2)14-28(23(27)31)15-18-5-3-4-6-20(18)22(26)30/h3-10,17H,11-15H2,1-2H3/b10-9+,16-7+,19-8+. The van der Waals surface area contributed by atoms with Gasteiger partial charge in [0.1, 0.15) is 0 Å². The van der Waals surface area contributed by atoms with Gasteiger partial charge in [-0.3, -0.25) is 9.59 Å². The molecule has 1 saturated heterocycles. The Kier molecular flexibility index (Phi) is 10.3. The van der Waals surface area contributed by atoms with Gasteiger partial charge in [-0.25, -0.2) is 4.79 Å². The summed E-state index contributed by atoms with van der Waals surface area (Å²) in [5.74, 6) is -0.458. The molecule has 0 bridgehead atoms. The number of nitrogens with zero attached hydrogens (tertiary/aromatic N) is 2. The fourth-order valence-electron chi connectivity index (χ4n) is 3.50. The summed E-state index contributed by atoms with van der Waals surface area (Å²) in [6.07, 6.45) is 5.23. The van der Waals surface area contributed by atoms with Crippen molar-refractivity contribution < 1.29 is 19.1 Å². The highest BCUT2D eigenvalue weighted by Gasteiger charge is 2.33. The number of hydrogen-bond acceptors (Lipinski definition) is 4. The fourth-order valence-corrected chi connectivity index (χ4v) is 4.01. The summed E-state index contributed by atoms with van der Waals surface area (Å²) in [7, 11) is 1.34. The minimum atomic E-state index is -0.582. The summed E-state index contributed by atoms with van der Waals surface area (Å²) in [5, 5.41) is -0.127. The van der Waals surface area contributed by atoms with Crippen molar-refractivity contribution in [3.63, 3.8) is 0 Å². The van der Waals surface area contributed by atoms with Gasteiger partial charge in [0.05, 0.1) is 13.5 Å². The molecule has 0 spiro atoms. The molecule has 1 aliphatic rings. The minimum absolute atomic E-state index is 0.120. The number of hydrogen-bond donors (Lipinski definition) is 0. The van der Waals surface area contributed by atoms with Crippen LogP contribution in [0.15, 0.2) is 58.6 Å². The van der Waals surface area contributed by atoms with Gasteiger partial charge in [-0.2, -0.15) is 0 Å². The summed E-state index contributed by atoms with van der Waals surface area (Å²) in [6.45, 7) is 3.22. The zero-order valence-corrected chi connectivity index (χ0v) is 20.2. The Balaban J connectivity index is 2.25. The van der Waals surface area contributed by atoms with E-state index in [1.807, 2.05) is 13.0 Å². The number of amides is 2. The number of benzene rings is 1. The Bertz CT molecular complexity index is 943. The molecule has 0 aliphatic carbocycles. The number of esters is 1. The lowest BCUT2D eigenvalue weighted by atomic mass is 10.00. The van der Waals surface area contributed by atoms with E-state index in [1.165, 1.54) is 12.6 Å². The number of rotatable bonds is 9. The maximum Gasteiger partial charge on any atom is 0.320 e. The second kappa shape index (κ2) is 12.7. The van der Waals surface area contributed by atoms with Crippen molar-refractivity contribution in [2.45, 2.75) is 19.9 Å². The molecule has 0 N–H and O–H groups in total. The van der Waals surface area contributed by atoms with E-state index in [4.69, 9.17) is 39.5 Å². The highest BCUT2D eigenvalue weighted by Crippen LogP contribution is 2.23. The molecule has 1 atom stereocenters. The van der Waals surface area contributed by atoms with E-state index in [0.717, 1.165) is 5.57 Å². The monoisotopic (exact) mass is 498 g/mol. The van der Waals surface area contributed by atoms with Crippen LogP contribution in [0.1, 0.15) is 29.3 Å². The third-order valence-corrected chi connectivity index (χ3v) is 5.54. The lowest BCUT2D eigenvalue weighted by Gasteiger charge is -2.40. The zero-order valence-electron chi connectivity index (χ0n) is 17.9. The van der Waals surface area contributed by atoms with Crippen LogP contribution in [0.2, 0.25) is 0 Å². The molecule has 2 rings (SSSR count). The quantitative estimate of drug-likeness (QED) is 0.262. The number of carbonyl (C=O) groups is 3. The van der Waals surface area contributed by atoms with Gasteiger partial charge in [-0.05, 0) is 42.3 Å². The van der Waals surface area contributed by atoms with Gasteiger partial charge in [-0.1, -0.05) is 53.1 Å². The van der Waals surface area contributed by atoms with Crippen molar-refractivity contribution in [3.8, 4) is 0 Å². The Morgan fingerprint density at radius 2 is 1.84 bits per heavy atom. The predicted molar refractivity (Wildman–Crippen MR) is 127 cm³/mol. The van der Waals surface area contributed by atoms with E-state index in [9.17, 15) is 14.4 Å². The summed E-state index contributed by atoms with van der Waals surface area (Å²) in [6, 6.07) is 6.71. The number of carbonyl (C=O) groups excluding carboxylic acids is 3. The molecule has 1 fully saturated rings. The summed E-state index contributed by atoms with van der Waals surface area (Å²) in [5.41, 5.74) is 3.21. The van der Waals surface area contributed by atoms with Crippen LogP contribution in [0.4, 0.5) is 4.79 Å². The Labute approximate surface area is 203 Å². The zero-order chi connectivity index (χ0) is 23.7. The first-order valence-corrected chi connectivity index (χ1v) is 11.1. The number of methoxy groups -OCH3 is 1. The summed E-state index contributed by atoms with van der Waals surface area (Å²) >= 11 is 17.2. The van der Waals surface area contributed by atoms with Crippen LogP contribution in [0.3, 0.4) is 0 Å². The van der Waals surface area contributed by atoms with Crippen LogP contribution >= 0.6 is 34.8 Å². The van der Waals surface area contributed by atoms with Gasteiger partial charge < -0.3 is 14.5 Å². The van der Waals surface area contributed by atoms with Crippen LogP contribution < -0.4 is 0 Å². The van der Waals surface area contributed by atoms with Gasteiger partial charge in [0.2, 0.25) is 0 Å². The Morgan fingerprint density at radius 3 is 2.50 bits per heavy atom. The number of halogens is 3. The first kappa shape index (κ1) is 26.0. The van der Waals surface area contributed by atoms with Crippen molar-refractivity contribution in [1.82, 2.24) is 9.80 Å². The molecule has 0 radical (unpaired) electrons. The minimum Gasteiger partial charge on any atom is -0.469 e. The molecule has 172 valence electrons. The average molecular weight is 500 g/mol. The van der Waals surface area contributed by atoms with E-state index in [2.05, 4.69) is 0 Å². The van der Waals surface area contributed by atoms with Crippen molar-refractivity contribution in [1.29, 1.82) is 0 Å². The molecule has 2 amide bonds. The lowest BCUT2D eigenvalue weighted by Crippen LogP contribution is -2.53. The molecule has 0 saturated carbocycles. The SMILES string of the molecule is COC(=O)CC1CN(C/C(C)=C/C=C(Cl)\C=C\Cl)C(=O)N(Cc2ccccc2C(=O)Cl)C1. The number of allylic oxidation sites excluding steroid dienone is 4. The van der Waals surface area contributed by atoms with Gasteiger partial charge in [-0.15, -0.1) is 0 Å². The molecule has 9 heteroatoms. The third-order valence-electron chi connectivity index (χ3n) is 4.96. The highest BCUT2D eigenvalue weighted by atomic mass is 35.5. The Hall–Kier alpha value is -2.28. The first-order chi connectivity index (χ1) is 15.2. The lowest BCUT2D eigenvalue weighted by molar-refractivity contribution is -0.142. The van der Waals surface area contributed by atoms with E-state index in [1.54, 1.807) is 46.2 Å². The molecule has 32 heavy (non-hydrogen) atoms. The van der Waals surface area contributed by atoms with Crippen LogP contribution in [0, 0.1) is 5.92 Å². The molecule has 1 aromatic carbocycles. The van der Waals surface area contributed by atoms with Gasteiger partial charge in [0.25, 0.3) is 5.24 Å². The number of urea groups is 1. The first-order valence-electron chi connectivity index (χ1n) is 9.93. The van der Waals surface area contributed by atoms with Crippen molar-refractivity contribution in [2.24, 2.45) is 5.92 Å². The van der Waals surface area contributed by atoms with Crippen LogP contribution in [0.5, 0.6) is 0 Å². The summed E-state index contributed by atoms with van der Waals surface area (Å²) in [4.78, 5) is 40.2. The highest BCUT2D eigenvalue weighted by molar-refractivity contribution is 6.67. The third kappa shape index (κ3) is 7.69. The summed E-state index contributed by atoms with van der Waals surface area (Å²) < 4.78 is 4.81. The van der Waals surface area contributed by atoms with Gasteiger partial charge in [0.15, 0.2) is 0 Å². The normalized spacial score (nSPS) is 17.8.